The largest absolute Gasteiger partial charge is 0.369 e. The SMILES string of the molecule is C=CC[C@H](C)c1nnc(NS(=O)(=O)[C@@H](C)[C@@H](OCCC)c2ncc(C)cn2)n1-c1c(F)cccc1C=C. The van der Waals surface area contributed by atoms with E-state index < -0.39 is 27.2 Å². The van der Waals surface area contributed by atoms with Gasteiger partial charge in [-0.05, 0) is 38.3 Å². The van der Waals surface area contributed by atoms with Crippen LogP contribution in [0.15, 0.2) is 49.8 Å². The Labute approximate surface area is 217 Å². The minimum absolute atomic E-state index is 0.0967. The Morgan fingerprint density at radius 2 is 1.89 bits per heavy atom. The number of allylic oxidation sites excluding steroid dienone is 1. The summed E-state index contributed by atoms with van der Waals surface area (Å²) in [5, 5.41) is 7.21. The minimum Gasteiger partial charge on any atom is -0.369 e. The number of hydrogen-bond donors (Lipinski definition) is 1. The van der Waals surface area contributed by atoms with Crippen LogP contribution >= 0.6 is 0 Å². The van der Waals surface area contributed by atoms with Crippen molar-refractivity contribution in [3.63, 3.8) is 0 Å². The maximum absolute atomic E-state index is 15.2. The molecule has 0 aliphatic rings. The molecule has 9 nitrogen and oxygen atoms in total. The number of sulfonamides is 1. The fourth-order valence-electron chi connectivity index (χ4n) is 3.79. The first-order valence-corrected chi connectivity index (χ1v) is 13.6. The van der Waals surface area contributed by atoms with Crippen LogP contribution in [-0.4, -0.2) is 45.0 Å². The van der Waals surface area contributed by atoms with Gasteiger partial charge >= 0.3 is 0 Å². The number of halogens is 1. The highest BCUT2D eigenvalue weighted by atomic mass is 32.2. The van der Waals surface area contributed by atoms with Crippen LogP contribution in [0, 0.1) is 12.7 Å². The van der Waals surface area contributed by atoms with Crippen molar-refractivity contribution in [3.8, 4) is 5.69 Å². The molecule has 37 heavy (non-hydrogen) atoms. The van der Waals surface area contributed by atoms with Gasteiger partial charge in [0.05, 0.1) is 5.69 Å². The zero-order valence-corrected chi connectivity index (χ0v) is 22.4. The van der Waals surface area contributed by atoms with E-state index in [9.17, 15) is 8.42 Å². The number of nitrogens with one attached hydrogen (secondary N) is 1. The molecule has 0 radical (unpaired) electrons. The van der Waals surface area contributed by atoms with Crippen LogP contribution in [0.1, 0.15) is 68.4 Å². The Morgan fingerprint density at radius 1 is 1.19 bits per heavy atom. The summed E-state index contributed by atoms with van der Waals surface area (Å²) in [6, 6.07) is 4.52. The zero-order chi connectivity index (χ0) is 27.2. The predicted octanol–water partition coefficient (Wildman–Crippen LogP) is 5.13. The van der Waals surface area contributed by atoms with Gasteiger partial charge in [-0.1, -0.05) is 44.7 Å². The van der Waals surface area contributed by atoms with Gasteiger partial charge in [-0.15, -0.1) is 16.8 Å². The molecule has 2 aromatic heterocycles. The summed E-state index contributed by atoms with van der Waals surface area (Å²) in [5.41, 5.74) is 1.39. The van der Waals surface area contributed by atoms with Gasteiger partial charge in [-0.2, -0.15) is 0 Å². The molecule has 1 N–H and O–H groups in total. The van der Waals surface area contributed by atoms with E-state index in [1.54, 1.807) is 30.6 Å². The summed E-state index contributed by atoms with van der Waals surface area (Å²) >= 11 is 0. The number of para-hydroxylation sites is 1. The van der Waals surface area contributed by atoms with Gasteiger partial charge in [0.15, 0.2) is 5.82 Å². The Morgan fingerprint density at radius 3 is 2.51 bits per heavy atom. The highest BCUT2D eigenvalue weighted by Crippen LogP contribution is 2.31. The smallest absolute Gasteiger partial charge is 0.243 e. The first-order chi connectivity index (χ1) is 17.6. The van der Waals surface area contributed by atoms with E-state index in [-0.39, 0.29) is 23.4 Å². The first kappa shape index (κ1) is 28.1. The Kier molecular flexibility index (Phi) is 9.28. The van der Waals surface area contributed by atoms with Crippen molar-refractivity contribution in [3.05, 3.63) is 78.4 Å². The highest BCUT2D eigenvalue weighted by molar-refractivity contribution is 7.93. The lowest BCUT2D eigenvalue weighted by Gasteiger charge is -2.24. The quantitative estimate of drug-likeness (QED) is 0.306. The molecule has 0 aliphatic carbocycles. The molecule has 0 amide bonds. The maximum Gasteiger partial charge on any atom is 0.243 e. The maximum atomic E-state index is 15.2. The Hall–Kier alpha value is -3.44. The molecule has 2 heterocycles. The van der Waals surface area contributed by atoms with Crippen molar-refractivity contribution in [2.45, 2.75) is 57.8 Å². The summed E-state index contributed by atoms with van der Waals surface area (Å²) in [7, 11) is -4.14. The lowest BCUT2D eigenvalue weighted by molar-refractivity contribution is 0.0466. The van der Waals surface area contributed by atoms with Crippen molar-refractivity contribution < 1.29 is 17.5 Å². The van der Waals surface area contributed by atoms with Crippen LogP contribution in [0.25, 0.3) is 11.8 Å². The van der Waals surface area contributed by atoms with Crippen LogP contribution in [0.5, 0.6) is 0 Å². The Bertz CT molecular complexity index is 1340. The van der Waals surface area contributed by atoms with Gasteiger partial charge < -0.3 is 4.74 Å². The molecular weight excluding hydrogens is 495 g/mol. The number of benzene rings is 1. The van der Waals surface area contributed by atoms with Gasteiger partial charge in [-0.3, -0.25) is 9.29 Å². The van der Waals surface area contributed by atoms with Crippen molar-refractivity contribution in [1.29, 1.82) is 0 Å². The van der Waals surface area contributed by atoms with Gasteiger partial charge in [-0.25, -0.2) is 22.8 Å². The standard InChI is InChI=1S/C26H33FN6O3S/c1-7-11-18(5)25-30-31-26(33(25)22-20(9-3)12-10-13-21(22)27)32-37(34,35)19(6)23(36-14-8-2)24-28-15-17(4)16-29-24/h7,9-10,12-13,15-16,18-19,23H,1,3,8,11,14H2,2,4-6H3,(H,31,32)/t18-,19-,23+/m0/s1. The molecule has 3 rings (SSSR count). The molecule has 0 saturated carbocycles. The van der Waals surface area contributed by atoms with E-state index in [4.69, 9.17) is 4.74 Å². The average molecular weight is 529 g/mol. The second-order valence-electron chi connectivity index (χ2n) is 8.79. The van der Waals surface area contributed by atoms with Crippen LogP contribution < -0.4 is 4.72 Å². The van der Waals surface area contributed by atoms with E-state index in [0.29, 0.717) is 30.8 Å². The molecule has 3 atom stereocenters. The van der Waals surface area contributed by atoms with Crippen molar-refractivity contribution in [1.82, 2.24) is 24.7 Å². The number of aromatic nitrogens is 5. The number of nitrogens with zero attached hydrogens (tertiary/aromatic N) is 5. The van der Waals surface area contributed by atoms with Crippen LogP contribution in [0.4, 0.5) is 10.3 Å². The minimum atomic E-state index is -4.14. The van der Waals surface area contributed by atoms with Crippen molar-refractivity contribution >= 4 is 22.0 Å². The van der Waals surface area contributed by atoms with Gasteiger partial charge in [0.1, 0.15) is 23.0 Å². The number of hydrogen-bond acceptors (Lipinski definition) is 7. The van der Waals surface area contributed by atoms with Crippen molar-refractivity contribution in [2.75, 3.05) is 11.3 Å². The molecule has 0 spiro atoms. The summed E-state index contributed by atoms with van der Waals surface area (Å²) in [6.45, 7) is 15.0. The fraction of sp³-hybridized carbons (Fsp3) is 0.385. The highest BCUT2D eigenvalue weighted by Gasteiger charge is 2.35. The van der Waals surface area contributed by atoms with Gasteiger partial charge in [0.2, 0.25) is 16.0 Å². The summed E-state index contributed by atoms with van der Waals surface area (Å²) in [5.74, 6) is -0.319. The molecule has 0 unspecified atom stereocenters. The van der Waals surface area contributed by atoms with Crippen LogP contribution in [0.3, 0.4) is 0 Å². The monoisotopic (exact) mass is 528 g/mol. The third-order valence-corrected chi connectivity index (χ3v) is 7.51. The second-order valence-corrected chi connectivity index (χ2v) is 10.8. The fourth-order valence-corrected chi connectivity index (χ4v) is 4.89. The van der Waals surface area contributed by atoms with E-state index in [1.165, 1.54) is 23.6 Å². The molecule has 0 saturated heterocycles. The summed E-state index contributed by atoms with van der Waals surface area (Å²) in [4.78, 5) is 8.58. The van der Waals surface area contributed by atoms with E-state index in [0.717, 1.165) is 5.56 Å². The van der Waals surface area contributed by atoms with E-state index >= 15 is 4.39 Å². The molecule has 0 fully saturated rings. The number of ether oxygens (including phenoxy) is 1. The molecule has 0 aliphatic heterocycles. The topological polar surface area (TPSA) is 112 Å². The lowest BCUT2D eigenvalue weighted by Crippen LogP contribution is -2.34. The van der Waals surface area contributed by atoms with Crippen LogP contribution in [0.2, 0.25) is 0 Å². The van der Waals surface area contributed by atoms with Gasteiger partial charge in [0.25, 0.3) is 0 Å². The second kappa shape index (κ2) is 12.2. The third kappa shape index (κ3) is 6.28. The molecule has 11 heteroatoms. The number of aryl methyl sites for hydroxylation is 1. The summed E-state index contributed by atoms with van der Waals surface area (Å²) < 4.78 is 52.2. The molecular formula is C26H33FN6O3S. The normalized spacial score (nSPS) is 14.1. The summed E-state index contributed by atoms with van der Waals surface area (Å²) in [6.07, 6.45) is 6.68. The zero-order valence-electron chi connectivity index (χ0n) is 21.6. The predicted molar refractivity (Wildman–Crippen MR) is 142 cm³/mol. The molecule has 1 aromatic carbocycles. The molecule has 0 bridgehead atoms. The van der Waals surface area contributed by atoms with E-state index in [1.807, 2.05) is 20.8 Å². The van der Waals surface area contributed by atoms with Crippen LogP contribution in [-0.2, 0) is 14.8 Å². The Balaban J connectivity index is 2.09. The van der Waals surface area contributed by atoms with E-state index in [2.05, 4.69) is 38.0 Å². The lowest BCUT2D eigenvalue weighted by atomic mass is 10.1. The average Bonchev–Trinajstić information content (AvgIpc) is 3.27. The van der Waals surface area contributed by atoms with Gasteiger partial charge in [0, 0.05) is 30.5 Å². The first-order valence-electron chi connectivity index (χ1n) is 12.0. The van der Waals surface area contributed by atoms with Crippen molar-refractivity contribution in [2.24, 2.45) is 0 Å². The molecule has 3 aromatic rings. The molecule has 198 valence electrons. The third-order valence-electron chi connectivity index (χ3n) is 5.82. The number of anilines is 1. The number of rotatable bonds is 13.